The molecular formula is C14H20ClNO3S. The van der Waals surface area contributed by atoms with Gasteiger partial charge in [-0.05, 0) is 55.9 Å². The second-order valence-corrected chi connectivity index (χ2v) is 7.80. The Bertz CT molecular complexity index is 548. The van der Waals surface area contributed by atoms with Crippen molar-refractivity contribution in [3.8, 4) is 0 Å². The molecule has 2 rings (SSSR count). The van der Waals surface area contributed by atoms with Crippen molar-refractivity contribution in [1.82, 2.24) is 4.72 Å². The average molecular weight is 318 g/mol. The molecule has 0 saturated heterocycles. The summed E-state index contributed by atoms with van der Waals surface area (Å²) < 4.78 is 27.5. The Morgan fingerprint density at radius 1 is 1.30 bits per heavy atom. The maximum absolute atomic E-state index is 12.4. The molecule has 1 aromatic rings. The molecule has 1 fully saturated rings. The summed E-state index contributed by atoms with van der Waals surface area (Å²) in [5, 5.41) is 10.1. The SMILES string of the molecule is CC1CCC(CO)(NS(=O)(=O)c2ccc(Cl)cc2)CC1. The van der Waals surface area contributed by atoms with Crippen LogP contribution in [0.15, 0.2) is 29.2 Å². The van der Waals surface area contributed by atoms with Gasteiger partial charge in [0.25, 0.3) is 0 Å². The van der Waals surface area contributed by atoms with E-state index in [4.69, 9.17) is 11.6 Å². The topological polar surface area (TPSA) is 66.4 Å². The third-order valence-electron chi connectivity index (χ3n) is 4.01. The Kier molecular flexibility index (Phi) is 4.74. The lowest BCUT2D eigenvalue weighted by Gasteiger charge is -2.38. The quantitative estimate of drug-likeness (QED) is 0.897. The zero-order valence-corrected chi connectivity index (χ0v) is 13.0. The summed E-state index contributed by atoms with van der Waals surface area (Å²) in [6.45, 7) is 1.97. The predicted molar refractivity (Wildman–Crippen MR) is 79.2 cm³/mol. The molecule has 2 N–H and O–H groups in total. The number of hydrogen-bond donors (Lipinski definition) is 2. The fourth-order valence-electron chi connectivity index (χ4n) is 2.56. The van der Waals surface area contributed by atoms with Crippen LogP contribution >= 0.6 is 11.6 Å². The van der Waals surface area contributed by atoms with Crippen LogP contribution in [0.2, 0.25) is 5.02 Å². The van der Waals surface area contributed by atoms with Gasteiger partial charge in [-0.3, -0.25) is 0 Å². The summed E-state index contributed by atoms with van der Waals surface area (Å²) in [6.07, 6.45) is 3.17. The molecule has 112 valence electrons. The monoisotopic (exact) mass is 317 g/mol. The van der Waals surface area contributed by atoms with E-state index in [0.29, 0.717) is 23.8 Å². The van der Waals surface area contributed by atoms with E-state index in [9.17, 15) is 13.5 Å². The standard InChI is InChI=1S/C14H20ClNO3S/c1-11-6-8-14(10-17,9-7-11)16-20(18,19)13-4-2-12(15)3-5-13/h2-5,11,16-17H,6-10H2,1H3. The lowest BCUT2D eigenvalue weighted by Crippen LogP contribution is -2.53. The van der Waals surface area contributed by atoms with E-state index in [0.717, 1.165) is 12.8 Å². The lowest BCUT2D eigenvalue weighted by molar-refractivity contribution is 0.125. The Labute approximate surface area is 125 Å². The van der Waals surface area contributed by atoms with Crippen LogP contribution in [0.25, 0.3) is 0 Å². The molecule has 6 heteroatoms. The molecule has 0 atom stereocenters. The van der Waals surface area contributed by atoms with Gasteiger partial charge in [-0.15, -0.1) is 0 Å². The van der Waals surface area contributed by atoms with E-state index in [-0.39, 0.29) is 11.5 Å². The molecule has 0 aliphatic heterocycles. The Morgan fingerprint density at radius 2 is 1.85 bits per heavy atom. The van der Waals surface area contributed by atoms with Crippen molar-refractivity contribution in [2.24, 2.45) is 5.92 Å². The van der Waals surface area contributed by atoms with Crippen LogP contribution < -0.4 is 4.72 Å². The Balaban J connectivity index is 2.20. The van der Waals surface area contributed by atoms with E-state index in [1.165, 1.54) is 12.1 Å². The van der Waals surface area contributed by atoms with E-state index in [1.54, 1.807) is 12.1 Å². The van der Waals surface area contributed by atoms with Crippen LogP contribution in [-0.4, -0.2) is 25.7 Å². The van der Waals surface area contributed by atoms with Gasteiger partial charge in [0.1, 0.15) is 0 Å². The molecule has 0 amide bonds. The van der Waals surface area contributed by atoms with Crippen molar-refractivity contribution in [2.75, 3.05) is 6.61 Å². The maximum atomic E-state index is 12.4. The van der Waals surface area contributed by atoms with Gasteiger partial charge in [0.2, 0.25) is 10.0 Å². The molecule has 0 unspecified atom stereocenters. The first-order chi connectivity index (χ1) is 9.37. The van der Waals surface area contributed by atoms with Crippen LogP contribution in [0.5, 0.6) is 0 Å². The summed E-state index contributed by atoms with van der Waals surface area (Å²) in [5.74, 6) is 0.578. The fraction of sp³-hybridized carbons (Fsp3) is 0.571. The smallest absolute Gasteiger partial charge is 0.241 e. The molecule has 1 aliphatic carbocycles. The van der Waals surface area contributed by atoms with E-state index in [2.05, 4.69) is 11.6 Å². The van der Waals surface area contributed by atoms with Crippen molar-refractivity contribution in [3.05, 3.63) is 29.3 Å². The second kappa shape index (κ2) is 6.02. The molecule has 0 heterocycles. The van der Waals surface area contributed by atoms with Gasteiger partial charge in [-0.25, -0.2) is 13.1 Å². The third kappa shape index (κ3) is 3.52. The van der Waals surface area contributed by atoms with Gasteiger partial charge in [0, 0.05) is 5.02 Å². The molecule has 0 radical (unpaired) electrons. The number of hydrogen-bond acceptors (Lipinski definition) is 3. The summed E-state index contributed by atoms with van der Waals surface area (Å²) in [4.78, 5) is 0.174. The largest absolute Gasteiger partial charge is 0.394 e. The molecule has 1 saturated carbocycles. The van der Waals surface area contributed by atoms with E-state index in [1.807, 2.05) is 0 Å². The summed E-state index contributed by atoms with van der Waals surface area (Å²) in [5.41, 5.74) is -0.731. The highest BCUT2D eigenvalue weighted by molar-refractivity contribution is 7.89. The van der Waals surface area contributed by atoms with Crippen molar-refractivity contribution >= 4 is 21.6 Å². The molecule has 0 spiro atoms. The molecule has 0 aromatic heterocycles. The maximum Gasteiger partial charge on any atom is 0.241 e. The average Bonchev–Trinajstić information content (AvgIpc) is 2.42. The van der Waals surface area contributed by atoms with Gasteiger partial charge < -0.3 is 5.11 Å². The predicted octanol–water partition coefficient (Wildman–Crippen LogP) is 2.56. The normalized spacial score (nSPS) is 27.4. The number of sulfonamides is 1. The third-order valence-corrected chi connectivity index (χ3v) is 5.86. The van der Waals surface area contributed by atoms with Gasteiger partial charge in [-0.1, -0.05) is 18.5 Å². The van der Waals surface area contributed by atoms with Crippen LogP contribution in [0.4, 0.5) is 0 Å². The molecule has 1 aliphatic rings. The Morgan fingerprint density at radius 3 is 2.35 bits per heavy atom. The highest BCUT2D eigenvalue weighted by Gasteiger charge is 2.37. The number of aliphatic hydroxyl groups excluding tert-OH is 1. The van der Waals surface area contributed by atoms with Crippen molar-refractivity contribution in [2.45, 2.75) is 43.0 Å². The van der Waals surface area contributed by atoms with Gasteiger partial charge in [0.05, 0.1) is 17.0 Å². The highest BCUT2D eigenvalue weighted by Crippen LogP contribution is 2.33. The number of halogens is 1. The zero-order chi connectivity index (χ0) is 14.8. The zero-order valence-electron chi connectivity index (χ0n) is 11.5. The van der Waals surface area contributed by atoms with Crippen LogP contribution in [0.3, 0.4) is 0 Å². The molecule has 1 aromatic carbocycles. The first kappa shape index (κ1) is 15.8. The summed E-state index contributed by atoms with van der Waals surface area (Å²) in [6, 6.07) is 6.04. The van der Waals surface area contributed by atoms with E-state index >= 15 is 0 Å². The number of rotatable bonds is 4. The Hall–Kier alpha value is -0.620. The summed E-state index contributed by atoms with van der Waals surface area (Å²) in [7, 11) is -3.63. The first-order valence-corrected chi connectivity index (χ1v) is 8.63. The van der Waals surface area contributed by atoms with Gasteiger partial charge in [-0.2, -0.15) is 0 Å². The number of aliphatic hydroxyl groups is 1. The van der Waals surface area contributed by atoms with Gasteiger partial charge in [0.15, 0.2) is 0 Å². The minimum absolute atomic E-state index is 0.174. The van der Waals surface area contributed by atoms with Crippen molar-refractivity contribution in [3.63, 3.8) is 0 Å². The number of nitrogens with one attached hydrogen (secondary N) is 1. The van der Waals surface area contributed by atoms with Crippen molar-refractivity contribution in [1.29, 1.82) is 0 Å². The van der Waals surface area contributed by atoms with Crippen LogP contribution in [0.1, 0.15) is 32.6 Å². The first-order valence-electron chi connectivity index (χ1n) is 6.77. The molecular weight excluding hydrogens is 298 g/mol. The minimum Gasteiger partial charge on any atom is -0.394 e. The van der Waals surface area contributed by atoms with Gasteiger partial charge >= 0.3 is 0 Å². The second-order valence-electron chi connectivity index (χ2n) is 5.68. The molecule has 20 heavy (non-hydrogen) atoms. The molecule has 4 nitrogen and oxygen atoms in total. The van der Waals surface area contributed by atoms with Crippen molar-refractivity contribution < 1.29 is 13.5 Å². The number of benzene rings is 1. The summed E-state index contributed by atoms with van der Waals surface area (Å²) >= 11 is 5.77. The van der Waals surface area contributed by atoms with E-state index < -0.39 is 15.6 Å². The molecule has 0 bridgehead atoms. The lowest BCUT2D eigenvalue weighted by atomic mass is 9.78. The van der Waals surface area contributed by atoms with Crippen LogP contribution in [-0.2, 0) is 10.0 Å². The fourth-order valence-corrected chi connectivity index (χ4v) is 4.14. The van der Waals surface area contributed by atoms with Crippen LogP contribution in [0, 0.1) is 5.92 Å². The minimum atomic E-state index is -3.63. The highest BCUT2D eigenvalue weighted by atomic mass is 35.5.